The van der Waals surface area contributed by atoms with E-state index in [2.05, 4.69) is 24.4 Å². The SMILES string of the molecule is C[Si](C)(C)CCOCn1c(C(=O)O)cc2c(Sc3cccc(OC(F)(F)F)c3)cc(Cl)cc21. The van der Waals surface area contributed by atoms with Gasteiger partial charge in [0.25, 0.3) is 0 Å². The van der Waals surface area contributed by atoms with Gasteiger partial charge in [-0.2, -0.15) is 0 Å². The molecule has 1 heterocycles. The average molecular weight is 518 g/mol. The van der Waals surface area contributed by atoms with Crippen molar-refractivity contribution < 1.29 is 32.5 Å². The molecule has 0 unspecified atom stereocenters. The second-order valence-corrected chi connectivity index (χ2v) is 15.7. The molecule has 2 aromatic carbocycles. The van der Waals surface area contributed by atoms with E-state index >= 15 is 0 Å². The van der Waals surface area contributed by atoms with E-state index in [0.717, 1.165) is 17.8 Å². The monoisotopic (exact) mass is 517 g/mol. The molecular weight excluding hydrogens is 495 g/mol. The highest BCUT2D eigenvalue weighted by molar-refractivity contribution is 7.99. The highest BCUT2D eigenvalue weighted by Gasteiger charge is 2.31. The number of alkyl halides is 3. The molecule has 0 aliphatic rings. The minimum Gasteiger partial charge on any atom is -0.477 e. The van der Waals surface area contributed by atoms with Crippen LogP contribution in [0.3, 0.4) is 0 Å². The van der Waals surface area contributed by atoms with E-state index in [1.807, 2.05) is 0 Å². The van der Waals surface area contributed by atoms with E-state index in [4.69, 9.17) is 16.3 Å². The van der Waals surface area contributed by atoms with Crippen molar-refractivity contribution >= 4 is 48.3 Å². The highest BCUT2D eigenvalue weighted by atomic mass is 35.5. The predicted molar refractivity (Wildman–Crippen MR) is 125 cm³/mol. The molecule has 178 valence electrons. The molecule has 3 aromatic rings. The number of carboxylic acids is 1. The molecule has 5 nitrogen and oxygen atoms in total. The third-order valence-corrected chi connectivity index (χ3v) is 7.62. The van der Waals surface area contributed by atoms with Crippen molar-refractivity contribution in [2.24, 2.45) is 0 Å². The molecule has 0 radical (unpaired) electrons. The number of hydrogen-bond acceptors (Lipinski definition) is 4. The number of carbonyl (C=O) groups is 1. The van der Waals surface area contributed by atoms with E-state index < -0.39 is 20.4 Å². The first-order valence-corrected chi connectivity index (χ1v) is 14.9. The molecule has 0 atom stereocenters. The summed E-state index contributed by atoms with van der Waals surface area (Å²) in [4.78, 5) is 13.0. The number of aromatic nitrogens is 1. The van der Waals surface area contributed by atoms with E-state index in [-0.39, 0.29) is 18.2 Å². The quantitative estimate of drug-likeness (QED) is 0.237. The summed E-state index contributed by atoms with van der Waals surface area (Å²) < 4.78 is 49.0. The zero-order valence-electron chi connectivity index (χ0n) is 18.2. The molecule has 11 heteroatoms. The van der Waals surface area contributed by atoms with Crippen LogP contribution in [0, 0.1) is 0 Å². The van der Waals surface area contributed by atoms with Gasteiger partial charge in [-0.15, -0.1) is 13.2 Å². The topological polar surface area (TPSA) is 60.7 Å². The Labute approximate surface area is 199 Å². The summed E-state index contributed by atoms with van der Waals surface area (Å²) in [6.45, 7) is 7.24. The van der Waals surface area contributed by atoms with Gasteiger partial charge in [-0.1, -0.05) is 49.1 Å². The maximum atomic E-state index is 12.6. The molecule has 0 bridgehead atoms. The second kappa shape index (κ2) is 10.0. The Balaban J connectivity index is 1.94. The highest BCUT2D eigenvalue weighted by Crippen LogP contribution is 2.39. The largest absolute Gasteiger partial charge is 0.573 e. The van der Waals surface area contributed by atoms with Gasteiger partial charge >= 0.3 is 12.3 Å². The number of fused-ring (bicyclic) bond motifs is 1. The lowest BCUT2D eigenvalue weighted by atomic mass is 10.2. The zero-order valence-corrected chi connectivity index (χ0v) is 20.8. The Kier molecular flexibility index (Phi) is 7.72. The third-order valence-electron chi connectivity index (χ3n) is 4.65. The Bertz CT molecular complexity index is 1160. The van der Waals surface area contributed by atoms with Gasteiger partial charge in [-0.25, -0.2) is 4.79 Å². The van der Waals surface area contributed by atoms with Crippen LogP contribution in [0.1, 0.15) is 10.5 Å². The standard InChI is InChI=1S/C22H23ClF3NO4SSi/c1-33(2,3)8-7-30-13-27-18-9-14(23)10-20(17(18)12-19(27)21(28)29)32-16-6-4-5-15(11-16)31-22(24,25)26/h4-6,9-12H,7-8,13H2,1-3H3,(H,28,29). The average Bonchev–Trinajstić information content (AvgIpc) is 3.02. The fraction of sp³-hybridized carbons (Fsp3) is 0.318. The van der Waals surface area contributed by atoms with Gasteiger partial charge in [0.2, 0.25) is 0 Å². The number of carboxylic acid groups (broad SMARTS) is 1. The summed E-state index contributed by atoms with van der Waals surface area (Å²) in [6.07, 6.45) is -4.80. The van der Waals surface area contributed by atoms with Crippen LogP contribution in [-0.2, 0) is 11.5 Å². The van der Waals surface area contributed by atoms with Gasteiger partial charge in [0, 0.05) is 34.9 Å². The minimum atomic E-state index is -4.80. The second-order valence-electron chi connectivity index (χ2n) is 8.57. The Morgan fingerprint density at radius 2 is 1.91 bits per heavy atom. The molecule has 0 aliphatic heterocycles. The van der Waals surface area contributed by atoms with Gasteiger partial charge in [0.15, 0.2) is 0 Å². The lowest BCUT2D eigenvalue weighted by Gasteiger charge is -2.16. The van der Waals surface area contributed by atoms with Crippen molar-refractivity contribution in [2.75, 3.05) is 6.61 Å². The van der Waals surface area contributed by atoms with Crippen molar-refractivity contribution in [1.29, 1.82) is 0 Å². The lowest BCUT2D eigenvalue weighted by molar-refractivity contribution is -0.274. The summed E-state index contributed by atoms with van der Waals surface area (Å²) in [5, 5.41) is 10.7. The summed E-state index contributed by atoms with van der Waals surface area (Å²) in [6, 6.07) is 11.3. The Hall–Kier alpha value is -2.14. The molecule has 1 N–H and O–H groups in total. The van der Waals surface area contributed by atoms with Crippen LogP contribution in [0.25, 0.3) is 10.9 Å². The maximum absolute atomic E-state index is 12.6. The van der Waals surface area contributed by atoms with Gasteiger partial charge < -0.3 is 19.1 Å². The fourth-order valence-corrected chi connectivity index (χ4v) is 5.16. The molecule has 0 saturated carbocycles. The number of aromatic carboxylic acids is 1. The third kappa shape index (κ3) is 7.17. The van der Waals surface area contributed by atoms with Gasteiger partial charge in [-0.05, 0) is 42.4 Å². The fourth-order valence-electron chi connectivity index (χ4n) is 3.09. The van der Waals surface area contributed by atoms with Crippen molar-refractivity contribution in [3.63, 3.8) is 0 Å². The molecule has 0 spiro atoms. The molecule has 0 fully saturated rings. The predicted octanol–water partition coefficient (Wildman–Crippen LogP) is 7.36. The van der Waals surface area contributed by atoms with Crippen molar-refractivity contribution in [3.8, 4) is 5.75 Å². The van der Waals surface area contributed by atoms with Crippen LogP contribution in [0.5, 0.6) is 5.75 Å². The van der Waals surface area contributed by atoms with Crippen molar-refractivity contribution in [2.45, 2.75) is 48.6 Å². The van der Waals surface area contributed by atoms with E-state index in [1.54, 1.807) is 22.8 Å². The van der Waals surface area contributed by atoms with Crippen LogP contribution in [0.4, 0.5) is 13.2 Å². The summed E-state index contributed by atoms with van der Waals surface area (Å²) in [5.41, 5.74) is 0.606. The zero-order chi connectivity index (χ0) is 24.4. The minimum absolute atomic E-state index is 0.0382. The number of benzene rings is 2. The van der Waals surface area contributed by atoms with E-state index in [1.165, 1.54) is 24.3 Å². The van der Waals surface area contributed by atoms with Crippen LogP contribution in [0.2, 0.25) is 30.7 Å². The maximum Gasteiger partial charge on any atom is 0.573 e. The molecule has 33 heavy (non-hydrogen) atoms. The number of hydrogen-bond donors (Lipinski definition) is 1. The molecule has 0 aliphatic carbocycles. The molecule has 3 rings (SSSR count). The normalized spacial score (nSPS) is 12.3. The number of halogens is 4. The summed E-state index contributed by atoms with van der Waals surface area (Å²) in [7, 11) is -1.30. The first-order valence-electron chi connectivity index (χ1n) is 10.00. The van der Waals surface area contributed by atoms with E-state index in [9.17, 15) is 23.1 Å². The van der Waals surface area contributed by atoms with Crippen LogP contribution in [-0.4, -0.2) is 36.7 Å². The first-order chi connectivity index (χ1) is 15.3. The lowest BCUT2D eigenvalue weighted by Crippen LogP contribution is -2.22. The van der Waals surface area contributed by atoms with Crippen molar-refractivity contribution in [3.05, 3.63) is 53.2 Å². The van der Waals surface area contributed by atoms with Gasteiger partial charge in [-0.3, -0.25) is 0 Å². The Morgan fingerprint density at radius 3 is 2.55 bits per heavy atom. The van der Waals surface area contributed by atoms with Crippen LogP contribution >= 0.6 is 23.4 Å². The van der Waals surface area contributed by atoms with Crippen molar-refractivity contribution in [1.82, 2.24) is 4.57 Å². The molecular formula is C22H23ClF3NO4SSi. The number of ether oxygens (including phenoxy) is 2. The van der Waals surface area contributed by atoms with Gasteiger partial charge in [0.1, 0.15) is 18.2 Å². The molecule has 0 saturated heterocycles. The summed E-state index contributed by atoms with van der Waals surface area (Å²) in [5.74, 6) is -1.46. The molecule has 0 amide bonds. The van der Waals surface area contributed by atoms with E-state index in [0.29, 0.717) is 32.3 Å². The number of nitrogens with zero attached hydrogens (tertiary/aromatic N) is 1. The smallest absolute Gasteiger partial charge is 0.477 e. The summed E-state index contributed by atoms with van der Waals surface area (Å²) >= 11 is 7.47. The van der Waals surface area contributed by atoms with Crippen LogP contribution in [0.15, 0.2) is 52.3 Å². The molecule has 1 aromatic heterocycles. The Morgan fingerprint density at radius 1 is 1.18 bits per heavy atom. The first kappa shape index (κ1) is 25.5. The van der Waals surface area contributed by atoms with Gasteiger partial charge in [0.05, 0.1) is 5.52 Å². The number of rotatable bonds is 9. The van der Waals surface area contributed by atoms with Crippen LogP contribution < -0.4 is 4.74 Å².